The summed E-state index contributed by atoms with van der Waals surface area (Å²) in [7, 11) is 1.41. The van der Waals surface area contributed by atoms with Crippen LogP contribution in [0.3, 0.4) is 0 Å². The highest BCUT2D eigenvalue weighted by Gasteiger charge is 2.41. The second-order valence-electron chi connectivity index (χ2n) is 4.69. The van der Waals surface area contributed by atoms with E-state index in [0.29, 0.717) is 32.5 Å². The first-order valence-corrected chi connectivity index (χ1v) is 6.07. The van der Waals surface area contributed by atoms with Crippen molar-refractivity contribution in [2.45, 2.75) is 19.3 Å². The second-order valence-corrected chi connectivity index (χ2v) is 4.69. The van der Waals surface area contributed by atoms with E-state index in [-0.39, 0.29) is 11.8 Å². The average molecular weight is 252 g/mol. The van der Waals surface area contributed by atoms with Crippen molar-refractivity contribution in [1.82, 2.24) is 0 Å². The maximum absolute atomic E-state index is 12.9. The average Bonchev–Trinajstić information content (AvgIpc) is 2.41. The molecule has 1 saturated heterocycles. The lowest BCUT2D eigenvalue weighted by Crippen LogP contribution is -2.40. The number of carbonyl (C=O) groups is 1. The molecule has 0 N–H and O–H groups in total. The fraction of sp³-hybridized carbons (Fsp3) is 0.500. The van der Waals surface area contributed by atoms with Gasteiger partial charge in [0.25, 0.3) is 0 Å². The number of carbonyl (C=O) groups excluding carboxylic acids is 1. The van der Waals surface area contributed by atoms with Crippen LogP contribution in [0.15, 0.2) is 24.3 Å². The largest absolute Gasteiger partial charge is 0.469 e. The van der Waals surface area contributed by atoms with Crippen molar-refractivity contribution in [3.63, 3.8) is 0 Å². The number of halogens is 1. The molecule has 0 bridgehead atoms. The maximum atomic E-state index is 12.9. The summed E-state index contributed by atoms with van der Waals surface area (Å²) in [5.74, 6) is -0.465. The normalized spacial score (nSPS) is 18.3. The Bertz CT molecular complexity index is 408. The third-order valence-electron chi connectivity index (χ3n) is 3.52. The van der Waals surface area contributed by atoms with Gasteiger partial charge in [-0.1, -0.05) is 12.1 Å². The Balaban J connectivity index is 2.19. The van der Waals surface area contributed by atoms with E-state index >= 15 is 0 Å². The van der Waals surface area contributed by atoms with E-state index in [1.807, 2.05) is 0 Å². The lowest BCUT2D eigenvalue weighted by Gasteiger charge is -2.34. The topological polar surface area (TPSA) is 35.5 Å². The van der Waals surface area contributed by atoms with E-state index in [1.165, 1.54) is 19.2 Å². The number of ether oxygens (including phenoxy) is 2. The van der Waals surface area contributed by atoms with Crippen LogP contribution in [0.25, 0.3) is 0 Å². The minimum Gasteiger partial charge on any atom is -0.469 e. The molecule has 3 nitrogen and oxygen atoms in total. The van der Waals surface area contributed by atoms with E-state index in [0.717, 1.165) is 5.56 Å². The molecule has 98 valence electrons. The Labute approximate surface area is 106 Å². The lowest BCUT2D eigenvalue weighted by molar-refractivity contribution is -0.158. The van der Waals surface area contributed by atoms with Crippen molar-refractivity contribution in [3.05, 3.63) is 35.6 Å². The first-order valence-electron chi connectivity index (χ1n) is 6.07. The molecule has 0 spiro atoms. The Morgan fingerprint density at radius 1 is 1.33 bits per heavy atom. The quantitative estimate of drug-likeness (QED) is 0.775. The van der Waals surface area contributed by atoms with Gasteiger partial charge in [0.15, 0.2) is 0 Å². The molecule has 1 aliphatic rings. The van der Waals surface area contributed by atoms with Gasteiger partial charge in [0.05, 0.1) is 12.5 Å². The molecule has 1 aromatic carbocycles. The van der Waals surface area contributed by atoms with Gasteiger partial charge in [-0.25, -0.2) is 4.39 Å². The van der Waals surface area contributed by atoms with Gasteiger partial charge in [0, 0.05) is 13.2 Å². The summed E-state index contributed by atoms with van der Waals surface area (Å²) < 4.78 is 23.1. The Morgan fingerprint density at radius 2 is 1.94 bits per heavy atom. The minimum absolute atomic E-state index is 0.199. The SMILES string of the molecule is COC(=O)C1(Cc2ccc(F)cc2)CCOCC1. The highest BCUT2D eigenvalue weighted by atomic mass is 19.1. The highest BCUT2D eigenvalue weighted by molar-refractivity contribution is 5.77. The van der Waals surface area contributed by atoms with Gasteiger partial charge in [-0.15, -0.1) is 0 Å². The second kappa shape index (κ2) is 5.48. The minimum atomic E-state index is -0.523. The zero-order chi connectivity index (χ0) is 13.0. The Hall–Kier alpha value is -1.42. The van der Waals surface area contributed by atoms with E-state index in [2.05, 4.69) is 0 Å². The zero-order valence-corrected chi connectivity index (χ0v) is 10.4. The first-order chi connectivity index (χ1) is 8.66. The van der Waals surface area contributed by atoms with Crippen LogP contribution >= 0.6 is 0 Å². The maximum Gasteiger partial charge on any atom is 0.312 e. The van der Waals surface area contributed by atoms with E-state index in [1.54, 1.807) is 12.1 Å². The van der Waals surface area contributed by atoms with Crippen LogP contribution < -0.4 is 0 Å². The van der Waals surface area contributed by atoms with E-state index < -0.39 is 5.41 Å². The fourth-order valence-corrected chi connectivity index (χ4v) is 2.42. The van der Waals surface area contributed by atoms with Gasteiger partial charge in [-0.3, -0.25) is 4.79 Å². The van der Waals surface area contributed by atoms with E-state index in [9.17, 15) is 9.18 Å². The van der Waals surface area contributed by atoms with Crippen molar-refractivity contribution < 1.29 is 18.7 Å². The Kier molecular flexibility index (Phi) is 3.97. The predicted molar refractivity (Wildman–Crippen MR) is 64.6 cm³/mol. The van der Waals surface area contributed by atoms with Gasteiger partial charge >= 0.3 is 5.97 Å². The molecule has 2 rings (SSSR count). The summed E-state index contributed by atoms with van der Waals surface area (Å²) >= 11 is 0. The molecule has 1 heterocycles. The number of methoxy groups -OCH3 is 1. The van der Waals surface area contributed by atoms with Crippen molar-refractivity contribution in [2.24, 2.45) is 5.41 Å². The smallest absolute Gasteiger partial charge is 0.312 e. The summed E-state index contributed by atoms with van der Waals surface area (Å²) in [5.41, 5.74) is 0.425. The van der Waals surface area contributed by atoms with Crippen LogP contribution in [-0.4, -0.2) is 26.3 Å². The molecular formula is C14H17FO3. The Morgan fingerprint density at radius 3 is 2.50 bits per heavy atom. The first kappa shape index (κ1) is 13.0. The van der Waals surface area contributed by atoms with Crippen molar-refractivity contribution in [3.8, 4) is 0 Å². The van der Waals surface area contributed by atoms with Gasteiger partial charge in [-0.05, 0) is 37.0 Å². The molecular weight excluding hydrogens is 235 g/mol. The molecule has 0 atom stereocenters. The van der Waals surface area contributed by atoms with Crippen molar-refractivity contribution in [2.75, 3.05) is 20.3 Å². The molecule has 1 aliphatic heterocycles. The molecule has 0 amide bonds. The molecule has 4 heteroatoms. The van der Waals surface area contributed by atoms with Crippen LogP contribution in [0.2, 0.25) is 0 Å². The lowest BCUT2D eigenvalue weighted by atomic mass is 9.75. The number of hydrogen-bond acceptors (Lipinski definition) is 3. The van der Waals surface area contributed by atoms with Crippen LogP contribution in [0.1, 0.15) is 18.4 Å². The molecule has 0 aliphatic carbocycles. The summed E-state index contributed by atoms with van der Waals surface area (Å²) in [4.78, 5) is 12.0. The standard InChI is InChI=1S/C14H17FO3/c1-17-13(16)14(6-8-18-9-7-14)10-11-2-4-12(15)5-3-11/h2-5H,6-10H2,1H3. The van der Waals surface area contributed by atoms with Crippen LogP contribution in [0.4, 0.5) is 4.39 Å². The predicted octanol–water partition coefficient (Wildman–Crippen LogP) is 2.34. The monoisotopic (exact) mass is 252 g/mol. The molecule has 1 fully saturated rings. The summed E-state index contributed by atoms with van der Waals surface area (Å²) in [6, 6.07) is 6.27. The molecule has 0 radical (unpaired) electrons. The van der Waals surface area contributed by atoms with Gasteiger partial charge in [-0.2, -0.15) is 0 Å². The van der Waals surface area contributed by atoms with Crippen LogP contribution in [-0.2, 0) is 20.7 Å². The molecule has 0 unspecified atom stereocenters. The molecule has 1 aromatic rings. The molecule has 18 heavy (non-hydrogen) atoms. The summed E-state index contributed by atoms with van der Waals surface area (Å²) in [6.07, 6.45) is 1.87. The molecule has 0 saturated carbocycles. The third kappa shape index (κ3) is 2.70. The number of esters is 1. The van der Waals surface area contributed by atoms with Gasteiger partial charge < -0.3 is 9.47 Å². The number of benzene rings is 1. The van der Waals surface area contributed by atoms with Crippen LogP contribution in [0.5, 0.6) is 0 Å². The zero-order valence-electron chi connectivity index (χ0n) is 10.4. The van der Waals surface area contributed by atoms with Crippen molar-refractivity contribution >= 4 is 5.97 Å². The third-order valence-corrected chi connectivity index (χ3v) is 3.52. The van der Waals surface area contributed by atoms with E-state index in [4.69, 9.17) is 9.47 Å². The highest BCUT2D eigenvalue weighted by Crippen LogP contribution is 2.35. The van der Waals surface area contributed by atoms with Crippen molar-refractivity contribution in [1.29, 1.82) is 0 Å². The molecule has 0 aromatic heterocycles. The number of hydrogen-bond donors (Lipinski definition) is 0. The fourth-order valence-electron chi connectivity index (χ4n) is 2.42. The number of rotatable bonds is 3. The summed E-state index contributed by atoms with van der Waals surface area (Å²) in [5, 5.41) is 0. The van der Waals surface area contributed by atoms with Gasteiger partial charge in [0.2, 0.25) is 0 Å². The van der Waals surface area contributed by atoms with Crippen LogP contribution in [0, 0.1) is 11.2 Å². The summed E-state index contributed by atoms with van der Waals surface area (Å²) in [6.45, 7) is 1.13. The van der Waals surface area contributed by atoms with Gasteiger partial charge in [0.1, 0.15) is 5.82 Å².